The number of hydrogen-bond acceptors (Lipinski definition) is 4. The summed E-state index contributed by atoms with van der Waals surface area (Å²) in [5, 5.41) is 6.90. The number of methoxy groups -OCH3 is 1. The second-order valence-electron chi connectivity index (χ2n) is 5.73. The number of piperidine rings is 1. The van der Waals surface area contributed by atoms with E-state index >= 15 is 0 Å². The molecular formula is C18H22N2O2. The zero-order valence-electron chi connectivity index (χ0n) is 12.9. The van der Waals surface area contributed by atoms with Crippen LogP contribution in [0, 0.1) is 0 Å². The fourth-order valence-corrected chi connectivity index (χ4v) is 3.04. The van der Waals surface area contributed by atoms with Crippen LogP contribution in [0.4, 0.5) is 0 Å². The van der Waals surface area contributed by atoms with Gasteiger partial charge in [0.05, 0.1) is 12.7 Å². The Morgan fingerprint density at radius 3 is 2.86 bits per heavy atom. The maximum Gasteiger partial charge on any atom is 0.337 e. The third-order valence-corrected chi connectivity index (χ3v) is 4.21. The van der Waals surface area contributed by atoms with Gasteiger partial charge in [0.1, 0.15) is 0 Å². The van der Waals surface area contributed by atoms with Crippen LogP contribution in [0.15, 0.2) is 36.4 Å². The molecule has 4 nitrogen and oxygen atoms in total. The smallest absolute Gasteiger partial charge is 0.337 e. The van der Waals surface area contributed by atoms with E-state index in [1.165, 1.54) is 20.0 Å². The van der Waals surface area contributed by atoms with Gasteiger partial charge >= 0.3 is 5.97 Å². The monoisotopic (exact) mass is 298 g/mol. The molecule has 0 aromatic heterocycles. The van der Waals surface area contributed by atoms with Gasteiger partial charge in [-0.15, -0.1) is 0 Å². The third-order valence-electron chi connectivity index (χ3n) is 4.21. The number of carbonyl (C=O) groups is 1. The second kappa shape index (κ2) is 6.79. The molecule has 0 aliphatic carbocycles. The van der Waals surface area contributed by atoms with Crippen molar-refractivity contribution in [3.8, 4) is 0 Å². The Kier molecular flexibility index (Phi) is 4.59. The SMILES string of the molecule is COC(=O)c1cc(C2=CC=CCN2)cc(C2CCCCN2)c1. The molecule has 116 valence electrons. The predicted octanol–water partition coefficient (Wildman–Crippen LogP) is 2.79. The van der Waals surface area contributed by atoms with Gasteiger partial charge in [0.25, 0.3) is 0 Å². The van der Waals surface area contributed by atoms with Gasteiger partial charge < -0.3 is 15.4 Å². The van der Waals surface area contributed by atoms with Gasteiger partial charge in [-0.3, -0.25) is 0 Å². The minimum Gasteiger partial charge on any atom is -0.465 e. The van der Waals surface area contributed by atoms with E-state index in [-0.39, 0.29) is 5.97 Å². The van der Waals surface area contributed by atoms with Gasteiger partial charge in [0, 0.05) is 18.3 Å². The molecule has 0 radical (unpaired) electrons. The van der Waals surface area contributed by atoms with Crippen molar-refractivity contribution in [2.75, 3.05) is 20.2 Å². The van der Waals surface area contributed by atoms with Crippen LogP contribution in [0.1, 0.15) is 46.8 Å². The molecular weight excluding hydrogens is 276 g/mol. The molecule has 3 rings (SSSR count). The maximum atomic E-state index is 12.0. The van der Waals surface area contributed by atoms with Crippen LogP contribution in [-0.2, 0) is 4.74 Å². The molecule has 0 bridgehead atoms. The molecule has 2 aliphatic rings. The standard InChI is InChI=1S/C18H22N2O2/c1-22-18(21)15-11-13(16-6-2-4-8-19-16)10-14(12-15)17-7-3-5-9-20-17/h2,4,6,10-12,17,19-20H,3,5,7-9H2,1H3. The molecule has 1 aromatic carbocycles. The molecule has 0 amide bonds. The Bertz CT molecular complexity index is 614. The van der Waals surface area contributed by atoms with Crippen molar-refractivity contribution in [2.45, 2.75) is 25.3 Å². The first-order chi connectivity index (χ1) is 10.8. The molecule has 22 heavy (non-hydrogen) atoms. The Morgan fingerprint density at radius 1 is 1.27 bits per heavy atom. The quantitative estimate of drug-likeness (QED) is 0.843. The van der Waals surface area contributed by atoms with Crippen LogP contribution in [-0.4, -0.2) is 26.2 Å². The minimum absolute atomic E-state index is 0.286. The molecule has 1 fully saturated rings. The highest BCUT2D eigenvalue weighted by atomic mass is 16.5. The lowest BCUT2D eigenvalue weighted by atomic mass is 9.93. The van der Waals surface area contributed by atoms with Crippen LogP contribution in [0.25, 0.3) is 5.70 Å². The largest absolute Gasteiger partial charge is 0.465 e. The van der Waals surface area contributed by atoms with E-state index in [4.69, 9.17) is 4.74 Å². The summed E-state index contributed by atoms with van der Waals surface area (Å²) in [6.07, 6.45) is 9.69. The molecule has 1 saturated heterocycles. The second-order valence-corrected chi connectivity index (χ2v) is 5.73. The number of allylic oxidation sites excluding steroid dienone is 2. The zero-order chi connectivity index (χ0) is 15.4. The number of hydrogen-bond donors (Lipinski definition) is 2. The molecule has 1 atom stereocenters. The van der Waals surface area contributed by atoms with Crippen LogP contribution >= 0.6 is 0 Å². The van der Waals surface area contributed by atoms with Crippen molar-refractivity contribution < 1.29 is 9.53 Å². The van der Waals surface area contributed by atoms with Crippen LogP contribution in [0.5, 0.6) is 0 Å². The Morgan fingerprint density at radius 2 is 2.18 bits per heavy atom. The van der Waals surface area contributed by atoms with Gasteiger partial charge in [-0.05, 0) is 54.8 Å². The van der Waals surface area contributed by atoms with Gasteiger partial charge in [0.15, 0.2) is 0 Å². The van der Waals surface area contributed by atoms with Crippen molar-refractivity contribution in [1.82, 2.24) is 10.6 Å². The van der Waals surface area contributed by atoms with Crippen molar-refractivity contribution in [3.05, 3.63) is 53.1 Å². The van der Waals surface area contributed by atoms with Crippen molar-refractivity contribution in [1.29, 1.82) is 0 Å². The summed E-state index contributed by atoms with van der Waals surface area (Å²) < 4.78 is 4.91. The summed E-state index contributed by atoms with van der Waals surface area (Å²) in [5.41, 5.74) is 3.86. The molecule has 1 unspecified atom stereocenters. The average molecular weight is 298 g/mol. The number of ether oxygens (including phenoxy) is 1. The van der Waals surface area contributed by atoms with Crippen LogP contribution in [0.3, 0.4) is 0 Å². The Balaban J connectivity index is 1.99. The van der Waals surface area contributed by atoms with Gasteiger partial charge in [-0.2, -0.15) is 0 Å². The first kappa shape index (κ1) is 14.9. The molecule has 0 spiro atoms. The van der Waals surface area contributed by atoms with Crippen molar-refractivity contribution >= 4 is 11.7 Å². The van der Waals surface area contributed by atoms with E-state index in [1.807, 2.05) is 24.3 Å². The van der Waals surface area contributed by atoms with E-state index in [2.05, 4.69) is 22.8 Å². The van der Waals surface area contributed by atoms with Crippen LogP contribution < -0.4 is 10.6 Å². The van der Waals surface area contributed by atoms with Gasteiger partial charge in [-0.1, -0.05) is 18.6 Å². The molecule has 2 N–H and O–H groups in total. The van der Waals surface area contributed by atoms with Crippen LogP contribution in [0.2, 0.25) is 0 Å². The number of benzene rings is 1. The summed E-state index contributed by atoms with van der Waals surface area (Å²) in [7, 11) is 1.43. The highest BCUT2D eigenvalue weighted by Gasteiger charge is 2.19. The minimum atomic E-state index is -0.286. The summed E-state index contributed by atoms with van der Waals surface area (Å²) in [5.74, 6) is -0.286. The number of dihydropyridines is 1. The lowest BCUT2D eigenvalue weighted by Gasteiger charge is -2.25. The summed E-state index contributed by atoms with van der Waals surface area (Å²) in [6, 6.07) is 6.35. The predicted molar refractivity (Wildman–Crippen MR) is 87.5 cm³/mol. The first-order valence-electron chi connectivity index (χ1n) is 7.85. The van der Waals surface area contributed by atoms with Crippen molar-refractivity contribution in [2.24, 2.45) is 0 Å². The zero-order valence-corrected chi connectivity index (χ0v) is 12.9. The molecule has 1 aromatic rings. The average Bonchev–Trinajstić information content (AvgIpc) is 2.62. The highest BCUT2D eigenvalue weighted by molar-refractivity contribution is 5.91. The Hall–Kier alpha value is -2.07. The number of nitrogens with one attached hydrogen (secondary N) is 2. The molecule has 2 heterocycles. The molecule has 4 heteroatoms. The van der Waals surface area contributed by atoms with Gasteiger partial charge in [0.2, 0.25) is 0 Å². The normalized spacial score (nSPS) is 21.0. The number of rotatable bonds is 3. The van der Waals surface area contributed by atoms with E-state index in [0.29, 0.717) is 11.6 Å². The van der Waals surface area contributed by atoms with E-state index in [9.17, 15) is 4.79 Å². The number of esters is 1. The number of carbonyl (C=O) groups excluding carboxylic acids is 1. The fraction of sp³-hybridized carbons (Fsp3) is 0.389. The summed E-state index contributed by atoms with van der Waals surface area (Å²) in [6.45, 7) is 1.84. The third kappa shape index (κ3) is 3.22. The lowest BCUT2D eigenvalue weighted by molar-refractivity contribution is 0.0600. The van der Waals surface area contributed by atoms with Crippen molar-refractivity contribution in [3.63, 3.8) is 0 Å². The first-order valence-corrected chi connectivity index (χ1v) is 7.85. The van der Waals surface area contributed by atoms with Gasteiger partial charge in [-0.25, -0.2) is 4.79 Å². The fourth-order valence-electron chi connectivity index (χ4n) is 3.04. The highest BCUT2D eigenvalue weighted by Crippen LogP contribution is 2.27. The molecule has 0 saturated carbocycles. The Labute approximate surface area is 131 Å². The van der Waals surface area contributed by atoms with E-state index in [1.54, 1.807) is 0 Å². The topological polar surface area (TPSA) is 50.4 Å². The lowest BCUT2D eigenvalue weighted by Crippen LogP contribution is -2.27. The summed E-state index contributed by atoms with van der Waals surface area (Å²) in [4.78, 5) is 12.0. The maximum absolute atomic E-state index is 12.0. The van der Waals surface area contributed by atoms with E-state index < -0.39 is 0 Å². The summed E-state index contributed by atoms with van der Waals surface area (Å²) >= 11 is 0. The van der Waals surface area contributed by atoms with E-state index in [0.717, 1.165) is 36.3 Å². The molecule has 2 aliphatic heterocycles.